The fourth-order valence-electron chi connectivity index (χ4n) is 2.55. The predicted octanol–water partition coefficient (Wildman–Crippen LogP) is 3.80. The van der Waals surface area contributed by atoms with Crippen molar-refractivity contribution in [1.29, 1.82) is 0 Å². The monoisotopic (exact) mass is 350 g/mol. The van der Waals surface area contributed by atoms with Crippen LogP contribution in [0.5, 0.6) is 0 Å². The Morgan fingerprint density at radius 1 is 1.12 bits per heavy atom. The van der Waals surface area contributed by atoms with Gasteiger partial charge in [0.2, 0.25) is 5.91 Å². The van der Waals surface area contributed by atoms with E-state index < -0.39 is 17.7 Å². The Labute approximate surface area is 145 Å². The van der Waals surface area contributed by atoms with Gasteiger partial charge in [0.25, 0.3) is 0 Å². The van der Waals surface area contributed by atoms with Crippen molar-refractivity contribution >= 4 is 5.91 Å². The number of likely N-dealkylation sites (N-methyl/N-ethyl adjacent to an activating group) is 1. The summed E-state index contributed by atoms with van der Waals surface area (Å²) in [4.78, 5) is 13.9. The fraction of sp³-hybridized carbons (Fsp3) is 0.316. The molecule has 0 spiro atoms. The summed E-state index contributed by atoms with van der Waals surface area (Å²) >= 11 is 0. The average molecular weight is 350 g/mol. The van der Waals surface area contributed by atoms with Gasteiger partial charge >= 0.3 is 0 Å². The van der Waals surface area contributed by atoms with E-state index in [0.717, 1.165) is 6.07 Å². The highest BCUT2D eigenvalue weighted by Gasteiger charge is 2.16. The summed E-state index contributed by atoms with van der Waals surface area (Å²) in [5, 5.41) is 2.94. The third-order valence-electron chi connectivity index (χ3n) is 3.99. The zero-order valence-corrected chi connectivity index (χ0v) is 14.2. The van der Waals surface area contributed by atoms with E-state index in [4.69, 9.17) is 0 Å². The number of amides is 1. The van der Waals surface area contributed by atoms with Gasteiger partial charge in [0.05, 0.1) is 6.54 Å². The number of hydrogen-bond acceptors (Lipinski definition) is 2. The normalized spacial score (nSPS) is 12.0. The molecule has 0 saturated carbocycles. The van der Waals surface area contributed by atoms with Gasteiger partial charge in [-0.15, -0.1) is 0 Å². The maximum absolute atomic E-state index is 13.8. The Morgan fingerprint density at radius 3 is 2.48 bits per heavy atom. The minimum absolute atomic E-state index is 0.00113. The summed E-state index contributed by atoms with van der Waals surface area (Å²) in [6, 6.07) is 9.00. The molecule has 0 radical (unpaired) electrons. The fourth-order valence-corrected chi connectivity index (χ4v) is 2.55. The first-order valence-electron chi connectivity index (χ1n) is 8.11. The minimum Gasteiger partial charge on any atom is -0.338 e. The van der Waals surface area contributed by atoms with E-state index in [0.29, 0.717) is 24.2 Å². The lowest BCUT2D eigenvalue weighted by atomic mass is 10.1. The maximum Gasteiger partial charge on any atom is 0.236 e. The molecule has 0 aliphatic carbocycles. The van der Waals surface area contributed by atoms with E-state index in [-0.39, 0.29) is 18.3 Å². The van der Waals surface area contributed by atoms with Crippen molar-refractivity contribution in [2.24, 2.45) is 0 Å². The van der Waals surface area contributed by atoms with Gasteiger partial charge in [-0.25, -0.2) is 13.2 Å². The van der Waals surface area contributed by atoms with Gasteiger partial charge in [0, 0.05) is 30.8 Å². The average Bonchev–Trinajstić information content (AvgIpc) is 2.57. The van der Waals surface area contributed by atoms with E-state index in [1.807, 2.05) is 6.92 Å². The molecule has 2 rings (SSSR count). The lowest BCUT2D eigenvalue weighted by Crippen LogP contribution is -2.38. The molecule has 3 nitrogen and oxygen atoms in total. The Kier molecular flexibility index (Phi) is 6.58. The predicted molar refractivity (Wildman–Crippen MR) is 90.3 cm³/mol. The van der Waals surface area contributed by atoms with Crippen LogP contribution in [0.2, 0.25) is 0 Å². The van der Waals surface area contributed by atoms with Gasteiger partial charge in [0.15, 0.2) is 0 Å². The van der Waals surface area contributed by atoms with Crippen LogP contribution in [0.25, 0.3) is 0 Å². The van der Waals surface area contributed by atoms with Crippen LogP contribution in [0.4, 0.5) is 13.2 Å². The first-order chi connectivity index (χ1) is 11.9. The van der Waals surface area contributed by atoms with Crippen molar-refractivity contribution < 1.29 is 18.0 Å². The number of rotatable bonds is 7. The first-order valence-corrected chi connectivity index (χ1v) is 8.11. The van der Waals surface area contributed by atoms with Crippen molar-refractivity contribution in [3.8, 4) is 0 Å². The van der Waals surface area contributed by atoms with Gasteiger partial charge in [0.1, 0.15) is 17.5 Å². The number of hydrogen-bond donors (Lipinski definition) is 1. The van der Waals surface area contributed by atoms with E-state index >= 15 is 0 Å². The van der Waals surface area contributed by atoms with Gasteiger partial charge in [-0.2, -0.15) is 0 Å². The highest BCUT2D eigenvalue weighted by molar-refractivity contribution is 5.78. The molecule has 0 aliphatic heterocycles. The number of nitrogens with one attached hydrogen (secondary N) is 1. The topological polar surface area (TPSA) is 32.3 Å². The van der Waals surface area contributed by atoms with Crippen LogP contribution < -0.4 is 5.32 Å². The number of nitrogens with zero attached hydrogens (tertiary/aromatic N) is 1. The SMILES string of the molecule is CCN(Cc1cccc(F)c1)C(=O)CNC(C)c1ccc(F)cc1F. The van der Waals surface area contributed by atoms with Gasteiger partial charge < -0.3 is 10.2 Å². The molecule has 134 valence electrons. The molecule has 0 aliphatic rings. The molecule has 2 aromatic carbocycles. The van der Waals surface area contributed by atoms with Crippen LogP contribution in [-0.2, 0) is 11.3 Å². The van der Waals surface area contributed by atoms with Crippen molar-refractivity contribution in [2.75, 3.05) is 13.1 Å². The molecule has 2 aromatic rings. The number of halogens is 3. The maximum atomic E-state index is 13.8. The summed E-state index contributed by atoms with van der Waals surface area (Å²) in [6.07, 6.45) is 0. The van der Waals surface area contributed by atoms with E-state index in [9.17, 15) is 18.0 Å². The molecule has 6 heteroatoms. The molecular formula is C19H21F3N2O. The minimum atomic E-state index is -0.653. The summed E-state index contributed by atoms with van der Waals surface area (Å²) in [5.74, 6) is -1.82. The molecule has 25 heavy (non-hydrogen) atoms. The van der Waals surface area contributed by atoms with Crippen LogP contribution in [0.3, 0.4) is 0 Å². The van der Waals surface area contributed by atoms with Crippen LogP contribution in [0.15, 0.2) is 42.5 Å². The zero-order chi connectivity index (χ0) is 18.4. The molecular weight excluding hydrogens is 329 g/mol. The largest absolute Gasteiger partial charge is 0.338 e. The van der Waals surface area contributed by atoms with Crippen LogP contribution in [0, 0.1) is 17.5 Å². The van der Waals surface area contributed by atoms with Crippen molar-refractivity contribution in [1.82, 2.24) is 10.2 Å². The highest BCUT2D eigenvalue weighted by Crippen LogP contribution is 2.17. The molecule has 0 aromatic heterocycles. The zero-order valence-electron chi connectivity index (χ0n) is 14.2. The smallest absolute Gasteiger partial charge is 0.236 e. The Hall–Kier alpha value is -2.34. The number of carbonyl (C=O) groups excluding carboxylic acids is 1. The second-order valence-corrected chi connectivity index (χ2v) is 5.81. The molecule has 0 saturated heterocycles. The van der Waals surface area contributed by atoms with Crippen molar-refractivity contribution in [3.05, 3.63) is 71.0 Å². The second-order valence-electron chi connectivity index (χ2n) is 5.81. The van der Waals surface area contributed by atoms with Crippen LogP contribution >= 0.6 is 0 Å². The summed E-state index contributed by atoms with van der Waals surface area (Å²) in [7, 11) is 0. The van der Waals surface area contributed by atoms with E-state index in [1.54, 1.807) is 24.0 Å². The van der Waals surface area contributed by atoms with Crippen molar-refractivity contribution in [2.45, 2.75) is 26.4 Å². The molecule has 1 amide bonds. The molecule has 0 bridgehead atoms. The molecule has 1 N–H and O–H groups in total. The third-order valence-corrected chi connectivity index (χ3v) is 3.99. The number of carbonyl (C=O) groups is 1. The van der Waals surface area contributed by atoms with Crippen LogP contribution in [0.1, 0.15) is 31.0 Å². The Bertz CT molecular complexity index is 736. The lowest BCUT2D eigenvalue weighted by molar-refractivity contribution is -0.130. The summed E-state index contributed by atoms with van der Waals surface area (Å²) in [5.41, 5.74) is 0.996. The molecule has 0 fully saturated rings. The molecule has 0 heterocycles. The first kappa shape index (κ1) is 19.0. The molecule has 1 atom stereocenters. The van der Waals surface area contributed by atoms with Gasteiger partial charge in [-0.1, -0.05) is 18.2 Å². The van der Waals surface area contributed by atoms with Gasteiger partial charge in [-0.3, -0.25) is 4.79 Å². The van der Waals surface area contributed by atoms with E-state index in [1.165, 1.54) is 24.3 Å². The molecule has 1 unspecified atom stereocenters. The standard InChI is InChI=1S/C19H21F3N2O/c1-3-24(12-14-5-4-6-15(20)9-14)19(25)11-23-13(2)17-8-7-16(21)10-18(17)22/h4-10,13,23H,3,11-12H2,1-2H3. The van der Waals surface area contributed by atoms with Crippen molar-refractivity contribution in [3.63, 3.8) is 0 Å². The number of benzene rings is 2. The highest BCUT2D eigenvalue weighted by atomic mass is 19.1. The van der Waals surface area contributed by atoms with Gasteiger partial charge in [-0.05, 0) is 37.6 Å². The Balaban J connectivity index is 1.95. The van der Waals surface area contributed by atoms with Crippen LogP contribution in [-0.4, -0.2) is 23.9 Å². The summed E-state index contributed by atoms with van der Waals surface area (Å²) in [6.45, 7) is 4.30. The Morgan fingerprint density at radius 2 is 1.84 bits per heavy atom. The quantitative estimate of drug-likeness (QED) is 0.824. The third kappa shape index (κ3) is 5.32. The lowest BCUT2D eigenvalue weighted by Gasteiger charge is -2.23. The van der Waals surface area contributed by atoms with E-state index in [2.05, 4.69) is 5.32 Å². The summed E-state index contributed by atoms with van der Waals surface area (Å²) < 4.78 is 40.0. The second kappa shape index (κ2) is 8.67.